The first-order valence-electron chi connectivity index (χ1n) is 6.68. The summed E-state index contributed by atoms with van der Waals surface area (Å²) in [5, 5.41) is 6.64. The van der Waals surface area contributed by atoms with Crippen LogP contribution in [0.3, 0.4) is 0 Å². The topological polar surface area (TPSA) is 44.4 Å². The number of anilines is 2. The van der Waals surface area contributed by atoms with Gasteiger partial charge in [-0.25, -0.2) is 0 Å². The summed E-state index contributed by atoms with van der Waals surface area (Å²) in [5.74, 6) is 0.118. The number of nitrogens with one attached hydrogen (secondary N) is 2. The molecular weight excluding hydrogens is 226 g/mol. The van der Waals surface area contributed by atoms with Crippen LogP contribution in [-0.2, 0) is 0 Å². The highest BCUT2D eigenvalue weighted by molar-refractivity contribution is 6.02. The van der Waals surface area contributed by atoms with Gasteiger partial charge in [0.25, 0.3) is 5.91 Å². The Labute approximate surface area is 108 Å². The molecule has 0 atom stereocenters. The van der Waals surface area contributed by atoms with Gasteiger partial charge in [-0.15, -0.1) is 0 Å². The van der Waals surface area contributed by atoms with E-state index in [0.717, 1.165) is 49.5 Å². The molecule has 0 aliphatic carbocycles. The fourth-order valence-corrected chi connectivity index (χ4v) is 2.30. The molecule has 0 radical (unpaired) electrons. The van der Waals surface area contributed by atoms with Gasteiger partial charge in [0.1, 0.15) is 0 Å². The van der Waals surface area contributed by atoms with Crippen molar-refractivity contribution in [3.05, 3.63) is 23.8 Å². The van der Waals surface area contributed by atoms with Crippen LogP contribution in [0.1, 0.15) is 30.6 Å². The molecule has 1 aliphatic heterocycles. The summed E-state index contributed by atoms with van der Waals surface area (Å²) >= 11 is 0. The summed E-state index contributed by atoms with van der Waals surface area (Å²) in [7, 11) is 0. The van der Waals surface area contributed by atoms with Crippen molar-refractivity contribution in [2.45, 2.75) is 20.3 Å². The number of amides is 1. The van der Waals surface area contributed by atoms with Gasteiger partial charge in [0.05, 0.1) is 16.9 Å². The molecule has 4 heteroatoms. The minimum atomic E-state index is 0.118. The van der Waals surface area contributed by atoms with Gasteiger partial charge in [0.15, 0.2) is 0 Å². The molecule has 1 aromatic rings. The zero-order chi connectivity index (χ0) is 13.0. The highest BCUT2D eigenvalue weighted by atomic mass is 16.2. The number of benzene rings is 1. The fourth-order valence-electron chi connectivity index (χ4n) is 2.30. The molecule has 1 amide bonds. The van der Waals surface area contributed by atoms with Gasteiger partial charge in [-0.3, -0.25) is 4.79 Å². The summed E-state index contributed by atoms with van der Waals surface area (Å²) in [6, 6.07) is 5.85. The second kappa shape index (κ2) is 5.76. The van der Waals surface area contributed by atoms with Gasteiger partial charge in [-0.1, -0.05) is 13.0 Å². The third kappa shape index (κ3) is 2.42. The van der Waals surface area contributed by atoms with E-state index in [0.29, 0.717) is 0 Å². The maximum atomic E-state index is 12.5. The van der Waals surface area contributed by atoms with Crippen molar-refractivity contribution in [2.24, 2.45) is 0 Å². The molecule has 0 bridgehead atoms. The fraction of sp³-hybridized carbons (Fsp3) is 0.500. The summed E-state index contributed by atoms with van der Waals surface area (Å²) in [6.45, 7) is 7.44. The van der Waals surface area contributed by atoms with E-state index in [1.165, 1.54) is 0 Å². The smallest absolute Gasteiger partial charge is 0.256 e. The average molecular weight is 247 g/mol. The Balaban J connectivity index is 2.29. The predicted molar refractivity (Wildman–Crippen MR) is 75.3 cm³/mol. The van der Waals surface area contributed by atoms with Crippen LogP contribution < -0.4 is 10.6 Å². The SMILES string of the molecule is CCCN(CC)C(=O)c1cccc2c1NCCN2. The second-order valence-electron chi connectivity index (χ2n) is 4.47. The number of nitrogens with zero attached hydrogens (tertiary/aromatic N) is 1. The third-order valence-corrected chi connectivity index (χ3v) is 3.20. The first kappa shape index (κ1) is 12.7. The Hall–Kier alpha value is -1.71. The van der Waals surface area contributed by atoms with E-state index >= 15 is 0 Å². The lowest BCUT2D eigenvalue weighted by atomic mass is 10.1. The molecule has 0 saturated heterocycles. The van der Waals surface area contributed by atoms with Crippen molar-refractivity contribution >= 4 is 17.3 Å². The van der Waals surface area contributed by atoms with Crippen LogP contribution in [0.5, 0.6) is 0 Å². The highest BCUT2D eigenvalue weighted by Gasteiger charge is 2.20. The molecule has 2 N–H and O–H groups in total. The maximum absolute atomic E-state index is 12.5. The molecule has 18 heavy (non-hydrogen) atoms. The molecule has 0 fully saturated rings. The van der Waals surface area contributed by atoms with Gasteiger partial charge >= 0.3 is 0 Å². The lowest BCUT2D eigenvalue weighted by Crippen LogP contribution is -2.33. The minimum Gasteiger partial charge on any atom is -0.382 e. The number of carbonyl (C=O) groups excluding carboxylic acids is 1. The molecule has 2 rings (SSSR count). The van der Waals surface area contributed by atoms with Gasteiger partial charge in [0.2, 0.25) is 0 Å². The summed E-state index contributed by atoms with van der Waals surface area (Å²) in [4.78, 5) is 14.4. The van der Waals surface area contributed by atoms with Crippen molar-refractivity contribution in [3.63, 3.8) is 0 Å². The van der Waals surface area contributed by atoms with Crippen molar-refractivity contribution in [2.75, 3.05) is 36.8 Å². The zero-order valence-corrected chi connectivity index (χ0v) is 11.1. The molecular formula is C14H21N3O. The Morgan fingerprint density at radius 2 is 2.06 bits per heavy atom. The van der Waals surface area contributed by atoms with Crippen molar-refractivity contribution in [3.8, 4) is 0 Å². The molecule has 0 spiro atoms. The van der Waals surface area contributed by atoms with Gasteiger partial charge in [0, 0.05) is 26.2 Å². The first-order valence-corrected chi connectivity index (χ1v) is 6.68. The average Bonchev–Trinajstić information content (AvgIpc) is 2.43. The lowest BCUT2D eigenvalue weighted by molar-refractivity contribution is 0.0765. The van der Waals surface area contributed by atoms with E-state index in [1.807, 2.05) is 30.0 Å². The van der Waals surface area contributed by atoms with Crippen molar-refractivity contribution in [1.82, 2.24) is 4.90 Å². The number of para-hydroxylation sites is 1. The van der Waals surface area contributed by atoms with E-state index in [4.69, 9.17) is 0 Å². The molecule has 1 heterocycles. The predicted octanol–water partition coefficient (Wildman–Crippen LogP) is 2.40. The molecule has 1 aliphatic rings. The largest absolute Gasteiger partial charge is 0.382 e. The standard InChI is InChI=1S/C14H21N3O/c1-3-10-17(4-2)14(18)11-6-5-7-12-13(11)16-9-8-15-12/h5-7,15-16H,3-4,8-10H2,1-2H3. The second-order valence-corrected chi connectivity index (χ2v) is 4.47. The van der Waals surface area contributed by atoms with Crippen molar-refractivity contribution < 1.29 is 4.79 Å². The summed E-state index contributed by atoms with van der Waals surface area (Å²) < 4.78 is 0. The van der Waals surface area contributed by atoms with Crippen LogP contribution >= 0.6 is 0 Å². The molecule has 4 nitrogen and oxygen atoms in total. The molecule has 1 aromatic carbocycles. The van der Waals surface area contributed by atoms with E-state index in [-0.39, 0.29) is 5.91 Å². The van der Waals surface area contributed by atoms with E-state index in [9.17, 15) is 4.79 Å². The Bertz CT molecular complexity index is 431. The van der Waals surface area contributed by atoms with Gasteiger partial charge in [-0.05, 0) is 25.5 Å². The van der Waals surface area contributed by atoms with E-state index < -0.39 is 0 Å². The van der Waals surface area contributed by atoms with Crippen LogP contribution in [-0.4, -0.2) is 37.0 Å². The number of hydrogen-bond acceptors (Lipinski definition) is 3. The van der Waals surface area contributed by atoms with Crippen LogP contribution in [0.15, 0.2) is 18.2 Å². The summed E-state index contributed by atoms with van der Waals surface area (Å²) in [5.41, 5.74) is 2.75. The van der Waals surface area contributed by atoms with Crippen LogP contribution in [0.2, 0.25) is 0 Å². The molecule has 0 aromatic heterocycles. The minimum absolute atomic E-state index is 0.118. The Kier molecular flexibility index (Phi) is 4.07. The van der Waals surface area contributed by atoms with Crippen LogP contribution in [0.25, 0.3) is 0 Å². The third-order valence-electron chi connectivity index (χ3n) is 3.20. The maximum Gasteiger partial charge on any atom is 0.256 e. The monoisotopic (exact) mass is 247 g/mol. The number of carbonyl (C=O) groups is 1. The first-order chi connectivity index (χ1) is 8.77. The summed E-state index contributed by atoms with van der Waals surface area (Å²) in [6.07, 6.45) is 0.986. The number of rotatable bonds is 4. The molecule has 0 unspecified atom stereocenters. The number of hydrogen-bond donors (Lipinski definition) is 2. The molecule has 98 valence electrons. The van der Waals surface area contributed by atoms with Gasteiger partial charge < -0.3 is 15.5 Å². The van der Waals surface area contributed by atoms with Crippen LogP contribution in [0.4, 0.5) is 11.4 Å². The Morgan fingerprint density at radius 1 is 1.28 bits per heavy atom. The highest BCUT2D eigenvalue weighted by Crippen LogP contribution is 2.29. The van der Waals surface area contributed by atoms with Crippen molar-refractivity contribution in [1.29, 1.82) is 0 Å². The normalized spacial score (nSPS) is 13.2. The van der Waals surface area contributed by atoms with E-state index in [1.54, 1.807) is 0 Å². The quantitative estimate of drug-likeness (QED) is 0.858. The molecule has 0 saturated carbocycles. The zero-order valence-electron chi connectivity index (χ0n) is 11.1. The lowest BCUT2D eigenvalue weighted by Gasteiger charge is -2.26. The number of fused-ring (bicyclic) bond motifs is 1. The van der Waals surface area contributed by atoms with E-state index in [2.05, 4.69) is 17.6 Å². The Morgan fingerprint density at radius 3 is 2.78 bits per heavy atom. The van der Waals surface area contributed by atoms with Crippen LogP contribution in [0, 0.1) is 0 Å². The van der Waals surface area contributed by atoms with Gasteiger partial charge in [-0.2, -0.15) is 0 Å².